The Kier molecular flexibility index (Phi) is 5.56. The summed E-state index contributed by atoms with van der Waals surface area (Å²) in [5, 5.41) is 5.84. The maximum atomic E-state index is 12.4. The molecule has 1 aromatic rings. The Labute approximate surface area is 136 Å². The van der Waals surface area contributed by atoms with Crippen LogP contribution in [0, 0.1) is 0 Å². The first-order chi connectivity index (χ1) is 11.0. The first kappa shape index (κ1) is 16.8. The van der Waals surface area contributed by atoms with E-state index in [1.165, 1.54) is 10.5 Å². The molecule has 124 valence electrons. The number of hydrogen-bond acceptors (Lipinski definition) is 3. The van der Waals surface area contributed by atoms with E-state index in [1.54, 1.807) is 26.0 Å². The van der Waals surface area contributed by atoms with Gasteiger partial charge in [-0.25, -0.2) is 0 Å². The number of aliphatic imine (C=N–C) groups is 1. The normalized spacial score (nSPS) is 13.5. The molecule has 0 bridgehead atoms. The van der Waals surface area contributed by atoms with Crippen molar-refractivity contribution in [3.05, 3.63) is 29.8 Å². The van der Waals surface area contributed by atoms with Gasteiger partial charge in [-0.05, 0) is 18.1 Å². The van der Waals surface area contributed by atoms with Crippen LogP contribution in [-0.2, 0) is 16.0 Å². The zero-order valence-electron chi connectivity index (χ0n) is 13.8. The topological polar surface area (TPSA) is 77.0 Å². The van der Waals surface area contributed by atoms with E-state index in [1.807, 2.05) is 24.3 Å². The van der Waals surface area contributed by atoms with Gasteiger partial charge < -0.3 is 20.4 Å². The Morgan fingerprint density at radius 1 is 1.22 bits per heavy atom. The average Bonchev–Trinajstić information content (AvgIpc) is 2.98. The van der Waals surface area contributed by atoms with Crippen LogP contribution in [-0.4, -0.2) is 63.5 Å². The predicted octanol–water partition coefficient (Wildman–Crippen LogP) is -0.171. The molecule has 0 saturated heterocycles. The number of hydrogen-bond donors (Lipinski definition) is 2. The molecule has 0 radical (unpaired) electrons. The van der Waals surface area contributed by atoms with Gasteiger partial charge in [-0.15, -0.1) is 0 Å². The fourth-order valence-corrected chi connectivity index (χ4v) is 2.39. The number of amides is 2. The van der Waals surface area contributed by atoms with Gasteiger partial charge in [0.2, 0.25) is 11.8 Å². The third-order valence-corrected chi connectivity index (χ3v) is 3.72. The number of rotatable bonds is 4. The van der Waals surface area contributed by atoms with Crippen molar-refractivity contribution in [1.29, 1.82) is 0 Å². The van der Waals surface area contributed by atoms with Gasteiger partial charge in [-0.2, -0.15) is 0 Å². The van der Waals surface area contributed by atoms with Gasteiger partial charge in [0.05, 0.1) is 13.1 Å². The van der Waals surface area contributed by atoms with Crippen LogP contribution in [0.15, 0.2) is 29.3 Å². The zero-order valence-corrected chi connectivity index (χ0v) is 13.8. The molecule has 1 aliphatic heterocycles. The van der Waals surface area contributed by atoms with Crippen molar-refractivity contribution in [1.82, 2.24) is 15.5 Å². The lowest BCUT2D eigenvalue weighted by Gasteiger charge is -2.19. The molecule has 0 unspecified atom stereocenters. The summed E-state index contributed by atoms with van der Waals surface area (Å²) in [6, 6.07) is 7.93. The molecule has 0 atom stereocenters. The van der Waals surface area contributed by atoms with E-state index in [2.05, 4.69) is 15.6 Å². The van der Waals surface area contributed by atoms with Crippen LogP contribution in [0.2, 0.25) is 0 Å². The molecule has 0 saturated carbocycles. The van der Waals surface area contributed by atoms with Crippen molar-refractivity contribution in [2.75, 3.05) is 45.7 Å². The van der Waals surface area contributed by atoms with E-state index in [-0.39, 0.29) is 24.9 Å². The average molecular weight is 317 g/mol. The fraction of sp³-hybridized carbons (Fsp3) is 0.438. The van der Waals surface area contributed by atoms with Crippen molar-refractivity contribution < 1.29 is 9.59 Å². The molecule has 2 amide bonds. The SMILES string of the molecule is CN=C(NCC(=O)N(C)C)NCC(=O)N1CCc2ccccc21. The number of carbonyl (C=O) groups excluding carboxylic acids is 2. The number of anilines is 1. The van der Waals surface area contributed by atoms with Gasteiger partial charge in [0.1, 0.15) is 0 Å². The van der Waals surface area contributed by atoms with Crippen LogP contribution in [0.1, 0.15) is 5.56 Å². The highest BCUT2D eigenvalue weighted by Gasteiger charge is 2.23. The Hall–Kier alpha value is -2.57. The Balaban J connectivity index is 1.85. The van der Waals surface area contributed by atoms with Crippen molar-refractivity contribution >= 4 is 23.5 Å². The quantitative estimate of drug-likeness (QED) is 0.597. The standard InChI is InChI=1S/C16H23N5O2/c1-17-16(18-10-14(22)20(2)3)19-11-15(23)21-9-8-12-6-4-5-7-13(12)21/h4-7H,8-11H2,1-3H3,(H2,17,18,19). The summed E-state index contributed by atoms with van der Waals surface area (Å²) in [5.74, 6) is 0.352. The van der Waals surface area contributed by atoms with Crippen LogP contribution in [0.25, 0.3) is 0 Å². The van der Waals surface area contributed by atoms with Crippen molar-refractivity contribution in [2.24, 2.45) is 4.99 Å². The van der Waals surface area contributed by atoms with E-state index in [4.69, 9.17) is 0 Å². The molecule has 23 heavy (non-hydrogen) atoms. The molecule has 2 rings (SSSR count). The lowest BCUT2D eigenvalue weighted by molar-refractivity contribution is -0.127. The first-order valence-electron chi connectivity index (χ1n) is 7.56. The maximum absolute atomic E-state index is 12.4. The van der Waals surface area contributed by atoms with Crippen LogP contribution in [0.3, 0.4) is 0 Å². The molecule has 2 N–H and O–H groups in total. The summed E-state index contributed by atoms with van der Waals surface area (Å²) in [6.45, 7) is 0.961. The van der Waals surface area contributed by atoms with Gasteiger partial charge in [-0.1, -0.05) is 18.2 Å². The Morgan fingerprint density at radius 2 is 1.91 bits per heavy atom. The van der Waals surface area contributed by atoms with Gasteiger partial charge in [-0.3, -0.25) is 14.6 Å². The lowest BCUT2D eigenvalue weighted by atomic mass is 10.2. The molecule has 7 heteroatoms. The highest BCUT2D eigenvalue weighted by molar-refractivity contribution is 5.99. The van der Waals surface area contributed by atoms with E-state index in [9.17, 15) is 9.59 Å². The van der Waals surface area contributed by atoms with Crippen LogP contribution in [0.5, 0.6) is 0 Å². The minimum absolute atomic E-state index is 0.0168. The summed E-state index contributed by atoms with van der Waals surface area (Å²) < 4.78 is 0. The number of fused-ring (bicyclic) bond motifs is 1. The molecule has 0 spiro atoms. The maximum Gasteiger partial charge on any atom is 0.246 e. The number of benzene rings is 1. The number of guanidine groups is 1. The molecule has 1 aliphatic rings. The van der Waals surface area contributed by atoms with Gasteiger partial charge in [0.25, 0.3) is 0 Å². The highest BCUT2D eigenvalue weighted by Crippen LogP contribution is 2.27. The van der Waals surface area contributed by atoms with Crippen molar-refractivity contribution in [2.45, 2.75) is 6.42 Å². The second-order valence-electron chi connectivity index (χ2n) is 5.49. The highest BCUT2D eigenvalue weighted by atomic mass is 16.2. The second-order valence-corrected chi connectivity index (χ2v) is 5.49. The first-order valence-corrected chi connectivity index (χ1v) is 7.56. The minimum Gasteiger partial charge on any atom is -0.347 e. The number of likely N-dealkylation sites (N-methyl/N-ethyl adjacent to an activating group) is 1. The molecule has 7 nitrogen and oxygen atoms in total. The Morgan fingerprint density at radius 3 is 2.61 bits per heavy atom. The predicted molar refractivity (Wildman–Crippen MR) is 90.6 cm³/mol. The van der Waals surface area contributed by atoms with Crippen LogP contribution in [0.4, 0.5) is 5.69 Å². The fourth-order valence-electron chi connectivity index (χ4n) is 2.39. The summed E-state index contributed by atoms with van der Waals surface area (Å²) in [7, 11) is 4.98. The summed E-state index contributed by atoms with van der Waals surface area (Å²) in [5.41, 5.74) is 2.17. The molecule has 1 heterocycles. The van der Waals surface area contributed by atoms with Gasteiger partial charge in [0, 0.05) is 33.4 Å². The number of carbonyl (C=O) groups is 2. The van der Waals surface area contributed by atoms with E-state index >= 15 is 0 Å². The lowest BCUT2D eigenvalue weighted by Crippen LogP contribution is -2.46. The van der Waals surface area contributed by atoms with Gasteiger partial charge in [0.15, 0.2) is 5.96 Å². The van der Waals surface area contributed by atoms with Gasteiger partial charge >= 0.3 is 0 Å². The van der Waals surface area contributed by atoms with E-state index in [0.29, 0.717) is 12.5 Å². The molecule has 0 fully saturated rings. The largest absolute Gasteiger partial charge is 0.347 e. The summed E-state index contributed by atoms with van der Waals surface area (Å²) in [6.07, 6.45) is 0.881. The number of nitrogens with one attached hydrogen (secondary N) is 2. The zero-order chi connectivity index (χ0) is 16.8. The van der Waals surface area contributed by atoms with Crippen LogP contribution < -0.4 is 15.5 Å². The summed E-state index contributed by atoms with van der Waals surface area (Å²) >= 11 is 0. The molecule has 1 aromatic carbocycles. The van der Waals surface area contributed by atoms with E-state index < -0.39 is 0 Å². The third kappa shape index (κ3) is 4.21. The van der Waals surface area contributed by atoms with Crippen LogP contribution >= 0.6 is 0 Å². The summed E-state index contributed by atoms with van der Waals surface area (Å²) in [4.78, 5) is 31.2. The number of para-hydroxylation sites is 1. The van der Waals surface area contributed by atoms with E-state index in [0.717, 1.165) is 12.1 Å². The number of nitrogens with zero attached hydrogens (tertiary/aromatic N) is 3. The molecular formula is C16H23N5O2. The van der Waals surface area contributed by atoms with Crippen molar-refractivity contribution in [3.8, 4) is 0 Å². The molecule has 0 aromatic heterocycles. The van der Waals surface area contributed by atoms with Crippen molar-refractivity contribution in [3.63, 3.8) is 0 Å². The second kappa shape index (κ2) is 7.62. The molecular weight excluding hydrogens is 294 g/mol. The smallest absolute Gasteiger partial charge is 0.246 e. The Bertz CT molecular complexity index is 612. The molecule has 0 aliphatic carbocycles. The minimum atomic E-state index is -0.0623. The monoisotopic (exact) mass is 317 g/mol. The third-order valence-electron chi connectivity index (χ3n) is 3.72.